The van der Waals surface area contributed by atoms with E-state index in [-0.39, 0.29) is 0 Å². The molecule has 0 saturated carbocycles. The number of hydrogen-bond donors (Lipinski definition) is 0. The molecule has 1 saturated heterocycles. The molecular formula is C18H26N4S. The molecule has 0 radical (unpaired) electrons. The van der Waals surface area contributed by atoms with E-state index < -0.39 is 0 Å². The molecule has 0 bridgehead atoms. The van der Waals surface area contributed by atoms with Gasteiger partial charge in [0.25, 0.3) is 0 Å². The molecule has 4 nitrogen and oxygen atoms in total. The van der Waals surface area contributed by atoms with Crippen molar-refractivity contribution in [3.63, 3.8) is 0 Å². The molecule has 124 valence electrons. The maximum Gasteiger partial charge on any atom is 0.146 e. The zero-order valence-electron chi connectivity index (χ0n) is 14.6. The van der Waals surface area contributed by atoms with Crippen LogP contribution in [0.1, 0.15) is 36.0 Å². The van der Waals surface area contributed by atoms with Gasteiger partial charge in [0.05, 0.1) is 11.9 Å². The standard InChI is InChI=1S/C18H26N4S/c1-12(2)10-21(5)17-16-13(3)14(4)23-18(16)20-15(19-17)11-22-8-6-7-9-22/h1,6-11H2,2-5H3. The minimum atomic E-state index is 0.823. The maximum absolute atomic E-state index is 4.93. The third-order valence-electron chi connectivity index (χ3n) is 4.49. The van der Waals surface area contributed by atoms with Gasteiger partial charge in [-0.25, -0.2) is 9.97 Å². The number of aromatic nitrogens is 2. The van der Waals surface area contributed by atoms with Gasteiger partial charge in [0.2, 0.25) is 0 Å². The zero-order valence-corrected chi connectivity index (χ0v) is 15.5. The average Bonchev–Trinajstić information content (AvgIpc) is 3.07. The fourth-order valence-corrected chi connectivity index (χ4v) is 4.28. The fraction of sp³-hybridized carbons (Fsp3) is 0.556. The second-order valence-electron chi connectivity index (χ2n) is 6.72. The minimum absolute atomic E-state index is 0.823. The van der Waals surface area contributed by atoms with Crippen LogP contribution in [-0.2, 0) is 6.54 Å². The molecular weight excluding hydrogens is 304 g/mol. The van der Waals surface area contributed by atoms with Crippen molar-refractivity contribution in [2.24, 2.45) is 0 Å². The molecule has 0 aliphatic carbocycles. The molecule has 0 spiro atoms. The van der Waals surface area contributed by atoms with E-state index in [1.54, 1.807) is 11.3 Å². The van der Waals surface area contributed by atoms with E-state index >= 15 is 0 Å². The van der Waals surface area contributed by atoms with E-state index in [0.717, 1.165) is 35.1 Å². The van der Waals surface area contributed by atoms with Crippen molar-refractivity contribution < 1.29 is 0 Å². The summed E-state index contributed by atoms with van der Waals surface area (Å²) in [5.41, 5.74) is 2.45. The predicted molar refractivity (Wildman–Crippen MR) is 99.5 cm³/mol. The maximum atomic E-state index is 4.93. The Kier molecular flexibility index (Phi) is 4.69. The van der Waals surface area contributed by atoms with Crippen LogP contribution in [0.5, 0.6) is 0 Å². The topological polar surface area (TPSA) is 32.3 Å². The number of thiophene rings is 1. The molecule has 0 unspecified atom stereocenters. The summed E-state index contributed by atoms with van der Waals surface area (Å²) < 4.78 is 0. The second kappa shape index (κ2) is 6.57. The van der Waals surface area contributed by atoms with Crippen molar-refractivity contribution in [1.29, 1.82) is 0 Å². The van der Waals surface area contributed by atoms with Crippen LogP contribution in [-0.4, -0.2) is 41.5 Å². The monoisotopic (exact) mass is 330 g/mol. The van der Waals surface area contributed by atoms with Gasteiger partial charge in [0, 0.05) is 18.5 Å². The van der Waals surface area contributed by atoms with E-state index in [2.05, 4.69) is 44.2 Å². The number of fused-ring (bicyclic) bond motifs is 1. The number of hydrogen-bond acceptors (Lipinski definition) is 5. The number of anilines is 1. The lowest BCUT2D eigenvalue weighted by Gasteiger charge is -2.21. The van der Waals surface area contributed by atoms with Crippen LogP contribution in [0.4, 0.5) is 5.82 Å². The Morgan fingerprint density at radius 2 is 1.96 bits per heavy atom. The lowest BCUT2D eigenvalue weighted by Crippen LogP contribution is -2.24. The highest BCUT2D eigenvalue weighted by atomic mass is 32.1. The van der Waals surface area contributed by atoms with Crippen molar-refractivity contribution in [2.75, 3.05) is 31.6 Å². The molecule has 1 fully saturated rings. The van der Waals surface area contributed by atoms with Crippen LogP contribution < -0.4 is 4.90 Å². The Morgan fingerprint density at radius 1 is 1.26 bits per heavy atom. The van der Waals surface area contributed by atoms with Crippen LogP contribution in [0.15, 0.2) is 12.2 Å². The van der Waals surface area contributed by atoms with Crippen LogP contribution in [0.3, 0.4) is 0 Å². The number of rotatable bonds is 5. The SMILES string of the molecule is C=C(C)CN(C)c1nc(CN2CCCC2)nc2sc(C)c(C)c12. The third-order valence-corrected chi connectivity index (χ3v) is 5.59. The van der Waals surface area contributed by atoms with Crippen LogP contribution >= 0.6 is 11.3 Å². The third kappa shape index (κ3) is 3.40. The summed E-state index contributed by atoms with van der Waals surface area (Å²) in [6.07, 6.45) is 2.59. The Hall–Kier alpha value is -1.46. The molecule has 2 aromatic rings. The molecule has 1 aliphatic heterocycles. The summed E-state index contributed by atoms with van der Waals surface area (Å²) in [6, 6.07) is 0. The number of likely N-dealkylation sites (tertiary alicyclic amines) is 1. The highest BCUT2D eigenvalue weighted by Crippen LogP contribution is 2.35. The Bertz CT molecular complexity index is 728. The number of nitrogens with zero attached hydrogens (tertiary/aromatic N) is 4. The van der Waals surface area contributed by atoms with Crippen LogP contribution in [0.25, 0.3) is 10.2 Å². The van der Waals surface area contributed by atoms with Gasteiger partial charge in [-0.2, -0.15) is 0 Å². The zero-order chi connectivity index (χ0) is 16.6. The second-order valence-corrected chi connectivity index (χ2v) is 7.93. The van der Waals surface area contributed by atoms with Gasteiger partial charge in [0.1, 0.15) is 16.5 Å². The lowest BCUT2D eigenvalue weighted by molar-refractivity contribution is 0.323. The Labute approximate surface area is 142 Å². The van der Waals surface area contributed by atoms with Crippen LogP contribution in [0, 0.1) is 13.8 Å². The molecule has 3 heterocycles. The van der Waals surface area contributed by atoms with Gasteiger partial charge < -0.3 is 4.90 Å². The summed E-state index contributed by atoms with van der Waals surface area (Å²) in [7, 11) is 2.10. The van der Waals surface area contributed by atoms with E-state index in [0.29, 0.717) is 0 Å². The van der Waals surface area contributed by atoms with Crippen molar-refractivity contribution in [3.05, 3.63) is 28.4 Å². The first kappa shape index (κ1) is 16.4. The largest absolute Gasteiger partial charge is 0.355 e. The van der Waals surface area contributed by atoms with E-state index in [4.69, 9.17) is 9.97 Å². The first-order chi connectivity index (χ1) is 11.0. The first-order valence-electron chi connectivity index (χ1n) is 8.30. The summed E-state index contributed by atoms with van der Waals surface area (Å²) in [5, 5.41) is 1.21. The van der Waals surface area contributed by atoms with E-state index in [1.807, 2.05) is 0 Å². The molecule has 0 N–H and O–H groups in total. The predicted octanol–water partition coefficient (Wildman–Crippen LogP) is 3.92. The highest BCUT2D eigenvalue weighted by molar-refractivity contribution is 7.18. The molecule has 1 aliphatic rings. The van der Waals surface area contributed by atoms with Gasteiger partial charge in [0.15, 0.2) is 0 Å². The molecule has 0 amide bonds. The molecule has 2 aromatic heterocycles. The van der Waals surface area contributed by atoms with Crippen molar-refractivity contribution in [1.82, 2.24) is 14.9 Å². The van der Waals surface area contributed by atoms with Gasteiger partial charge in [-0.15, -0.1) is 11.3 Å². The van der Waals surface area contributed by atoms with Gasteiger partial charge in [-0.1, -0.05) is 12.2 Å². The number of aryl methyl sites for hydroxylation is 2. The minimum Gasteiger partial charge on any atom is -0.355 e. The van der Waals surface area contributed by atoms with Gasteiger partial charge in [-0.3, -0.25) is 4.90 Å². The lowest BCUT2D eigenvalue weighted by atomic mass is 10.2. The molecule has 3 rings (SSSR count). The number of likely N-dealkylation sites (N-methyl/N-ethyl adjacent to an activating group) is 1. The van der Waals surface area contributed by atoms with Crippen LogP contribution in [0.2, 0.25) is 0 Å². The van der Waals surface area contributed by atoms with Crippen molar-refractivity contribution >= 4 is 27.4 Å². The first-order valence-corrected chi connectivity index (χ1v) is 9.12. The van der Waals surface area contributed by atoms with Crippen molar-refractivity contribution in [2.45, 2.75) is 40.2 Å². The average molecular weight is 331 g/mol. The molecule has 0 aromatic carbocycles. The summed E-state index contributed by atoms with van der Waals surface area (Å²) >= 11 is 1.78. The molecule has 23 heavy (non-hydrogen) atoms. The summed E-state index contributed by atoms with van der Waals surface area (Å²) in [4.78, 5) is 16.9. The Morgan fingerprint density at radius 3 is 2.61 bits per heavy atom. The summed E-state index contributed by atoms with van der Waals surface area (Å²) in [6.45, 7) is 14.5. The normalized spacial score (nSPS) is 15.5. The quantitative estimate of drug-likeness (QED) is 0.778. The Balaban J connectivity index is 2.03. The fourth-order valence-electron chi connectivity index (χ4n) is 3.24. The molecule has 5 heteroatoms. The summed E-state index contributed by atoms with van der Waals surface area (Å²) in [5.74, 6) is 2.00. The smallest absolute Gasteiger partial charge is 0.146 e. The van der Waals surface area contributed by atoms with Gasteiger partial charge in [-0.05, 0) is 52.3 Å². The molecule has 0 atom stereocenters. The van der Waals surface area contributed by atoms with Crippen molar-refractivity contribution in [3.8, 4) is 0 Å². The highest BCUT2D eigenvalue weighted by Gasteiger charge is 2.19. The van der Waals surface area contributed by atoms with E-state index in [9.17, 15) is 0 Å². The van der Waals surface area contributed by atoms with Gasteiger partial charge >= 0.3 is 0 Å². The van der Waals surface area contributed by atoms with E-state index in [1.165, 1.54) is 41.8 Å².